The quantitative estimate of drug-likeness (QED) is 0.143. The summed E-state index contributed by atoms with van der Waals surface area (Å²) in [4.78, 5) is 54.0. The van der Waals surface area contributed by atoms with Crippen LogP contribution in [0.1, 0.15) is 12.6 Å². The summed E-state index contributed by atoms with van der Waals surface area (Å²) in [6.45, 7) is 2.51. The van der Waals surface area contributed by atoms with Crippen molar-refractivity contribution in [3.8, 4) is 0 Å². The first kappa shape index (κ1) is 26.8. The third kappa shape index (κ3) is 5.25. The van der Waals surface area contributed by atoms with Gasteiger partial charge in [-0.05, 0) is 18.6 Å². The normalized spacial score (nSPS) is 23.7. The number of nitrogen functional groups attached to an aromatic ring is 1. The third-order valence-electron chi connectivity index (χ3n) is 5.63. The van der Waals surface area contributed by atoms with E-state index >= 15 is 0 Å². The molecule has 14 nitrogen and oxygen atoms in total. The van der Waals surface area contributed by atoms with Crippen LogP contribution in [0, 0.1) is 0 Å². The minimum atomic E-state index is -1.23. The SMILES string of the molecule is CCN1C(N)=NC(SCC2=C(C(=O)O)N3C(=O)[C@@H](NC(=O)/C(=N\OC)c4csc(N)n4)[C@H]3SC2)=CC1N. The molecule has 3 aliphatic heterocycles. The second-order valence-electron chi connectivity index (χ2n) is 7.85. The molecule has 1 aromatic rings. The van der Waals surface area contributed by atoms with E-state index in [1.165, 1.54) is 40.9 Å². The molecule has 17 heteroatoms. The molecule has 0 spiro atoms. The first-order chi connectivity index (χ1) is 17.7. The summed E-state index contributed by atoms with van der Waals surface area (Å²) in [6, 6.07) is -0.942. The molecular weight excluding hydrogens is 542 g/mol. The number of thiazole rings is 1. The molecule has 0 radical (unpaired) electrons. The Bertz CT molecular complexity index is 1240. The number of guanidine groups is 1. The number of carbonyl (C=O) groups excluding carboxylic acids is 2. The Labute approximate surface area is 224 Å². The van der Waals surface area contributed by atoms with Crippen LogP contribution in [0.15, 0.2) is 37.9 Å². The van der Waals surface area contributed by atoms with Gasteiger partial charge in [-0.3, -0.25) is 14.5 Å². The molecule has 1 unspecified atom stereocenters. The van der Waals surface area contributed by atoms with Crippen LogP contribution in [-0.2, 0) is 19.2 Å². The zero-order valence-corrected chi connectivity index (χ0v) is 22.2. The number of carboxylic acid groups (broad SMARTS) is 1. The van der Waals surface area contributed by atoms with E-state index in [0.29, 0.717) is 28.9 Å². The Morgan fingerprint density at radius 1 is 1.41 bits per heavy atom. The number of fused-ring (bicyclic) bond motifs is 1. The van der Waals surface area contributed by atoms with Gasteiger partial charge in [-0.1, -0.05) is 5.16 Å². The lowest BCUT2D eigenvalue weighted by molar-refractivity contribution is -0.150. The number of anilines is 1. The fourth-order valence-corrected chi connectivity index (χ4v) is 6.89. The largest absolute Gasteiger partial charge is 0.477 e. The molecular formula is C20H25N9O5S3. The lowest BCUT2D eigenvalue weighted by Gasteiger charge is -2.49. The second-order valence-corrected chi connectivity index (χ2v) is 10.8. The molecule has 37 heavy (non-hydrogen) atoms. The maximum atomic E-state index is 13.0. The van der Waals surface area contributed by atoms with Crippen LogP contribution in [-0.4, -0.2) is 92.1 Å². The number of rotatable bonds is 9. The van der Waals surface area contributed by atoms with Crippen molar-refractivity contribution < 1.29 is 24.3 Å². The number of hydrogen-bond donors (Lipinski definition) is 5. The zero-order valence-electron chi connectivity index (χ0n) is 19.8. The van der Waals surface area contributed by atoms with Gasteiger partial charge in [0.25, 0.3) is 11.8 Å². The number of nitrogens with two attached hydrogens (primary N) is 3. The molecule has 8 N–H and O–H groups in total. The fraction of sp³-hybridized carbons (Fsp3) is 0.400. The lowest BCUT2D eigenvalue weighted by Crippen LogP contribution is -2.71. The van der Waals surface area contributed by atoms with E-state index in [4.69, 9.17) is 22.0 Å². The fourth-order valence-electron chi connectivity index (χ4n) is 3.91. The predicted molar refractivity (Wildman–Crippen MR) is 142 cm³/mol. The van der Waals surface area contributed by atoms with Crippen molar-refractivity contribution in [1.29, 1.82) is 0 Å². The Kier molecular flexibility index (Phi) is 7.96. The molecule has 1 saturated heterocycles. The highest BCUT2D eigenvalue weighted by molar-refractivity contribution is 8.03. The van der Waals surface area contributed by atoms with Gasteiger partial charge in [0.15, 0.2) is 16.8 Å². The molecule has 1 aromatic heterocycles. The van der Waals surface area contributed by atoms with Gasteiger partial charge in [0.05, 0.1) is 5.03 Å². The van der Waals surface area contributed by atoms with Crippen LogP contribution in [0.5, 0.6) is 0 Å². The number of thioether (sulfide) groups is 2. The number of nitrogens with zero attached hydrogens (tertiary/aromatic N) is 5. The van der Waals surface area contributed by atoms with Crippen molar-refractivity contribution in [3.63, 3.8) is 0 Å². The molecule has 0 aliphatic carbocycles. The number of carboxylic acids is 1. The molecule has 3 atom stereocenters. The first-order valence-corrected chi connectivity index (χ1v) is 13.8. The molecule has 0 saturated carbocycles. The highest BCUT2D eigenvalue weighted by Gasteiger charge is 2.54. The van der Waals surface area contributed by atoms with Crippen molar-refractivity contribution in [3.05, 3.63) is 33.4 Å². The topological polar surface area (TPSA) is 215 Å². The van der Waals surface area contributed by atoms with Crippen LogP contribution in [0.2, 0.25) is 0 Å². The minimum absolute atomic E-state index is 0.0994. The average molecular weight is 568 g/mol. The predicted octanol–water partition coefficient (Wildman–Crippen LogP) is -0.676. The second kappa shape index (κ2) is 11.0. The number of likely N-dealkylation sites (N-methyl/N-ethyl adjacent to an activating group) is 1. The Balaban J connectivity index is 1.47. The molecule has 2 amide bonds. The smallest absolute Gasteiger partial charge is 0.352 e. The number of carbonyl (C=O) groups is 3. The van der Waals surface area contributed by atoms with E-state index in [1.54, 1.807) is 11.0 Å². The van der Waals surface area contributed by atoms with Gasteiger partial charge in [-0.2, -0.15) is 0 Å². The van der Waals surface area contributed by atoms with E-state index in [0.717, 1.165) is 11.3 Å². The summed E-state index contributed by atoms with van der Waals surface area (Å²) in [6.07, 6.45) is 1.32. The van der Waals surface area contributed by atoms with Crippen LogP contribution >= 0.6 is 34.9 Å². The van der Waals surface area contributed by atoms with Gasteiger partial charge in [0, 0.05) is 23.4 Å². The number of aliphatic imine (C=N–C) groups is 1. The summed E-state index contributed by atoms with van der Waals surface area (Å²) >= 11 is 3.77. The van der Waals surface area contributed by atoms with E-state index in [1.807, 2.05) is 6.92 Å². The van der Waals surface area contributed by atoms with Gasteiger partial charge in [-0.25, -0.2) is 14.8 Å². The number of aromatic nitrogens is 1. The average Bonchev–Trinajstić information content (AvgIpc) is 3.29. The van der Waals surface area contributed by atoms with Crippen LogP contribution in [0.25, 0.3) is 0 Å². The van der Waals surface area contributed by atoms with E-state index in [-0.39, 0.29) is 28.0 Å². The van der Waals surface area contributed by atoms with Crippen molar-refractivity contribution >= 4 is 69.4 Å². The Hall–Kier alpha value is -3.28. The van der Waals surface area contributed by atoms with Gasteiger partial charge in [0.1, 0.15) is 36.1 Å². The zero-order chi connectivity index (χ0) is 26.9. The summed E-state index contributed by atoms with van der Waals surface area (Å²) in [5.41, 5.74) is 18.2. The van der Waals surface area contributed by atoms with Crippen molar-refractivity contribution in [1.82, 2.24) is 20.1 Å². The van der Waals surface area contributed by atoms with Gasteiger partial charge in [0.2, 0.25) is 0 Å². The van der Waals surface area contributed by atoms with Crippen LogP contribution < -0.4 is 22.5 Å². The number of oxime groups is 1. The molecule has 3 aliphatic rings. The molecule has 198 valence electrons. The molecule has 4 heterocycles. The number of aliphatic carboxylic acids is 1. The van der Waals surface area contributed by atoms with Crippen LogP contribution in [0.4, 0.5) is 5.13 Å². The number of amides is 2. The Morgan fingerprint density at radius 3 is 2.76 bits per heavy atom. The van der Waals surface area contributed by atoms with Gasteiger partial charge >= 0.3 is 5.97 Å². The maximum absolute atomic E-state index is 13.0. The highest BCUT2D eigenvalue weighted by atomic mass is 32.2. The number of nitrogens with one attached hydrogen (secondary N) is 1. The Morgan fingerprint density at radius 2 is 2.16 bits per heavy atom. The summed E-state index contributed by atoms with van der Waals surface area (Å²) < 4.78 is 0. The summed E-state index contributed by atoms with van der Waals surface area (Å²) in [5.74, 6) is -1.55. The number of hydrogen-bond acceptors (Lipinski definition) is 14. The van der Waals surface area contributed by atoms with Crippen molar-refractivity contribution in [2.75, 3.05) is 30.9 Å². The van der Waals surface area contributed by atoms with E-state index in [9.17, 15) is 19.5 Å². The molecule has 0 bridgehead atoms. The van der Waals surface area contributed by atoms with E-state index < -0.39 is 35.4 Å². The lowest BCUT2D eigenvalue weighted by atomic mass is 10.0. The summed E-state index contributed by atoms with van der Waals surface area (Å²) in [7, 11) is 1.27. The molecule has 4 rings (SSSR count). The standard InChI is InChI=1S/C20H25N9O5S3/c1-3-28-10(21)4-11(25-19(28)22)35-5-8-6-36-17-13(16(31)29(17)14(8)18(32)33)26-15(30)12(27-34-2)9-7-37-20(23)24-9/h4,7,10,13,17H,3,5-6,21H2,1-2H3,(H2,22,25)(H2,23,24)(H,26,30)(H,32,33)/b27-12-/t10?,13-,17-/m1/s1. The summed E-state index contributed by atoms with van der Waals surface area (Å²) in [5, 5.41) is 18.0. The van der Waals surface area contributed by atoms with E-state index in [2.05, 4.69) is 20.4 Å². The molecule has 1 fully saturated rings. The van der Waals surface area contributed by atoms with Crippen molar-refractivity contribution in [2.24, 2.45) is 21.6 Å². The first-order valence-electron chi connectivity index (χ1n) is 10.9. The van der Waals surface area contributed by atoms with Gasteiger partial charge < -0.3 is 37.4 Å². The minimum Gasteiger partial charge on any atom is -0.477 e. The monoisotopic (exact) mass is 567 g/mol. The third-order valence-corrected chi connectivity index (χ3v) is 8.66. The highest BCUT2D eigenvalue weighted by Crippen LogP contribution is 2.41. The molecule has 0 aromatic carbocycles. The van der Waals surface area contributed by atoms with Crippen LogP contribution in [0.3, 0.4) is 0 Å². The number of β-lactam (4-membered cyclic amide) rings is 1. The maximum Gasteiger partial charge on any atom is 0.352 e. The van der Waals surface area contributed by atoms with Gasteiger partial charge in [-0.15, -0.1) is 34.9 Å². The van der Waals surface area contributed by atoms with Crippen molar-refractivity contribution in [2.45, 2.75) is 24.5 Å².